The van der Waals surface area contributed by atoms with E-state index in [-0.39, 0.29) is 11.2 Å². The van der Waals surface area contributed by atoms with Gasteiger partial charge in [-0.2, -0.15) is 5.26 Å². The van der Waals surface area contributed by atoms with E-state index in [2.05, 4.69) is 6.07 Å². The Kier molecular flexibility index (Phi) is 2.17. The largest absolute Gasteiger partial charge is 0.508 e. The molecule has 1 aromatic carbocycles. The zero-order chi connectivity index (χ0) is 10.0. The molecule has 0 heterocycles. The summed E-state index contributed by atoms with van der Waals surface area (Å²) < 4.78 is 0. The number of hydrogen-bond donors (Lipinski definition) is 1. The number of phenolic OH excluding ortho intramolecular Hbond substituents is 1. The smallest absolute Gasteiger partial charge is 0.115 e. The van der Waals surface area contributed by atoms with Crippen LogP contribution in [-0.4, -0.2) is 5.11 Å². The Balaban J connectivity index is 2.11. The number of aromatic hydroxyl groups is 1. The Labute approximate surface area is 83.8 Å². The molecule has 0 bridgehead atoms. The minimum absolute atomic E-state index is 0.114. The lowest BCUT2D eigenvalue weighted by molar-refractivity contribution is 0.214. The topological polar surface area (TPSA) is 44.0 Å². The number of benzene rings is 1. The molecule has 0 aromatic heterocycles. The maximum Gasteiger partial charge on any atom is 0.115 e. The highest BCUT2D eigenvalue weighted by Gasteiger charge is 2.36. The number of rotatable bonds is 2. The number of hydrogen-bond acceptors (Lipinski definition) is 2. The van der Waals surface area contributed by atoms with Crippen molar-refractivity contribution in [2.45, 2.75) is 25.7 Å². The summed E-state index contributed by atoms with van der Waals surface area (Å²) in [6, 6.07) is 9.57. The molecular weight excluding hydrogens is 174 g/mol. The molecule has 1 aromatic rings. The molecule has 14 heavy (non-hydrogen) atoms. The van der Waals surface area contributed by atoms with Crippen molar-refractivity contribution < 1.29 is 5.11 Å². The molecule has 1 aliphatic carbocycles. The van der Waals surface area contributed by atoms with Gasteiger partial charge >= 0.3 is 0 Å². The predicted octanol–water partition coefficient (Wildman–Crippen LogP) is 2.63. The van der Waals surface area contributed by atoms with Crippen LogP contribution < -0.4 is 0 Å². The van der Waals surface area contributed by atoms with Crippen LogP contribution in [0, 0.1) is 16.7 Å². The fourth-order valence-corrected chi connectivity index (χ4v) is 1.94. The summed E-state index contributed by atoms with van der Waals surface area (Å²) in [5.74, 6) is 0.286. The molecule has 72 valence electrons. The first-order chi connectivity index (χ1) is 6.74. The van der Waals surface area contributed by atoms with Crippen LogP contribution >= 0.6 is 0 Å². The van der Waals surface area contributed by atoms with E-state index < -0.39 is 0 Å². The molecule has 2 heteroatoms. The van der Waals surface area contributed by atoms with Gasteiger partial charge in [-0.15, -0.1) is 0 Å². The molecule has 1 saturated carbocycles. The average molecular weight is 187 g/mol. The third-order valence-electron chi connectivity index (χ3n) is 3.03. The summed E-state index contributed by atoms with van der Waals surface area (Å²) in [6.07, 6.45) is 4.03. The summed E-state index contributed by atoms with van der Waals surface area (Å²) in [6.45, 7) is 0. The van der Waals surface area contributed by atoms with Crippen molar-refractivity contribution in [1.29, 1.82) is 5.26 Å². The second kappa shape index (κ2) is 3.34. The first-order valence-corrected chi connectivity index (χ1v) is 4.93. The monoisotopic (exact) mass is 187 g/mol. The summed E-state index contributed by atoms with van der Waals surface area (Å²) in [4.78, 5) is 0. The normalized spacial score (nSPS) is 18.2. The summed E-state index contributed by atoms with van der Waals surface area (Å²) in [5.41, 5.74) is 1.03. The van der Waals surface area contributed by atoms with Crippen LogP contribution in [0.2, 0.25) is 0 Å². The zero-order valence-corrected chi connectivity index (χ0v) is 8.03. The van der Waals surface area contributed by atoms with Crippen LogP contribution in [0.3, 0.4) is 0 Å². The first kappa shape index (κ1) is 9.08. The van der Waals surface area contributed by atoms with E-state index in [1.807, 2.05) is 12.1 Å². The number of nitrogens with zero attached hydrogens (tertiary/aromatic N) is 1. The van der Waals surface area contributed by atoms with Crippen LogP contribution in [0.15, 0.2) is 24.3 Å². The molecule has 0 amide bonds. The van der Waals surface area contributed by atoms with E-state index in [0.717, 1.165) is 24.8 Å². The van der Waals surface area contributed by atoms with Gasteiger partial charge in [-0.1, -0.05) is 18.6 Å². The fraction of sp³-hybridized carbons (Fsp3) is 0.417. The molecule has 0 atom stereocenters. The quantitative estimate of drug-likeness (QED) is 0.773. The average Bonchev–Trinajstić information content (AvgIpc) is 2.15. The van der Waals surface area contributed by atoms with E-state index in [1.54, 1.807) is 12.1 Å². The van der Waals surface area contributed by atoms with Gasteiger partial charge in [0.05, 0.1) is 11.5 Å². The highest BCUT2D eigenvalue weighted by atomic mass is 16.3. The molecule has 0 unspecified atom stereocenters. The van der Waals surface area contributed by atoms with Gasteiger partial charge < -0.3 is 5.11 Å². The maximum atomic E-state index is 9.12. The molecule has 0 radical (unpaired) electrons. The summed E-state index contributed by atoms with van der Waals surface area (Å²) >= 11 is 0. The molecule has 0 spiro atoms. The fourth-order valence-electron chi connectivity index (χ4n) is 1.94. The Morgan fingerprint density at radius 2 is 1.93 bits per heavy atom. The van der Waals surface area contributed by atoms with E-state index in [4.69, 9.17) is 10.4 Å². The van der Waals surface area contributed by atoms with Crippen molar-refractivity contribution in [2.75, 3.05) is 0 Å². The van der Waals surface area contributed by atoms with Gasteiger partial charge in [-0.05, 0) is 37.0 Å². The molecule has 0 aliphatic heterocycles. The summed E-state index contributed by atoms with van der Waals surface area (Å²) in [5, 5.41) is 18.2. The predicted molar refractivity (Wildman–Crippen MR) is 53.7 cm³/mol. The maximum absolute atomic E-state index is 9.12. The molecule has 1 N–H and O–H groups in total. The van der Waals surface area contributed by atoms with Gasteiger partial charge in [0, 0.05) is 0 Å². The first-order valence-electron chi connectivity index (χ1n) is 4.93. The molecular formula is C12H13NO. The third-order valence-corrected chi connectivity index (χ3v) is 3.03. The second-order valence-electron chi connectivity index (χ2n) is 4.09. The lowest BCUT2D eigenvalue weighted by atomic mass is 9.66. The van der Waals surface area contributed by atoms with Crippen molar-refractivity contribution in [3.05, 3.63) is 29.8 Å². The van der Waals surface area contributed by atoms with Crippen LogP contribution in [0.5, 0.6) is 5.75 Å². The second-order valence-corrected chi connectivity index (χ2v) is 4.09. The Bertz CT molecular complexity index is 357. The van der Waals surface area contributed by atoms with Gasteiger partial charge in [0.15, 0.2) is 0 Å². The SMILES string of the molecule is N#CC1(Cc2ccc(O)cc2)CCC1. The van der Waals surface area contributed by atoms with Crippen molar-refractivity contribution >= 4 is 0 Å². The lowest BCUT2D eigenvalue weighted by Gasteiger charge is -2.35. The third kappa shape index (κ3) is 1.58. The van der Waals surface area contributed by atoms with Crippen LogP contribution in [0.25, 0.3) is 0 Å². The standard InChI is InChI=1S/C12H13NO/c13-9-12(6-1-7-12)8-10-2-4-11(14)5-3-10/h2-5,14H,1,6-8H2. The van der Waals surface area contributed by atoms with Crippen molar-refractivity contribution in [3.63, 3.8) is 0 Å². The number of nitriles is 1. The van der Waals surface area contributed by atoms with Crippen molar-refractivity contribution in [2.24, 2.45) is 5.41 Å². The minimum Gasteiger partial charge on any atom is -0.508 e. The minimum atomic E-state index is -0.114. The van der Waals surface area contributed by atoms with Crippen LogP contribution in [0.1, 0.15) is 24.8 Å². The molecule has 1 fully saturated rings. The Morgan fingerprint density at radius 3 is 2.36 bits per heavy atom. The lowest BCUT2D eigenvalue weighted by Crippen LogP contribution is -2.29. The highest BCUT2D eigenvalue weighted by Crippen LogP contribution is 2.43. The molecule has 2 rings (SSSR count). The Morgan fingerprint density at radius 1 is 1.29 bits per heavy atom. The number of phenols is 1. The highest BCUT2D eigenvalue weighted by molar-refractivity contribution is 5.28. The molecule has 1 aliphatic rings. The summed E-state index contributed by atoms with van der Waals surface area (Å²) in [7, 11) is 0. The molecule has 0 saturated heterocycles. The Hall–Kier alpha value is -1.49. The van der Waals surface area contributed by atoms with Gasteiger partial charge in [-0.3, -0.25) is 0 Å². The van der Waals surface area contributed by atoms with Crippen LogP contribution in [0.4, 0.5) is 0 Å². The van der Waals surface area contributed by atoms with Crippen molar-refractivity contribution in [3.8, 4) is 11.8 Å². The van der Waals surface area contributed by atoms with E-state index >= 15 is 0 Å². The van der Waals surface area contributed by atoms with E-state index in [1.165, 1.54) is 6.42 Å². The van der Waals surface area contributed by atoms with Crippen LogP contribution in [-0.2, 0) is 6.42 Å². The van der Waals surface area contributed by atoms with Gasteiger partial charge in [-0.25, -0.2) is 0 Å². The van der Waals surface area contributed by atoms with Gasteiger partial charge in [0.25, 0.3) is 0 Å². The van der Waals surface area contributed by atoms with E-state index in [0.29, 0.717) is 0 Å². The van der Waals surface area contributed by atoms with Gasteiger partial charge in [0.1, 0.15) is 5.75 Å². The van der Waals surface area contributed by atoms with E-state index in [9.17, 15) is 0 Å². The van der Waals surface area contributed by atoms with Gasteiger partial charge in [0.2, 0.25) is 0 Å². The van der Waals surface area contributed by atoms with Crippen molar-refractivity contribution in [1.82, 2.24) is 0 Å². The zero-order valence-electron chi connectivity index (χ0n) is 8.03. The molecule has 2 nitrogen and oxygen atoms in total.